The highest BCUT2D eigenvalue weighted by molar-refractivity contribution is 7.91. The number of nitrogens with zero attached hydrogens (tertiary/aromatic N) is 2. The molecule has 4 aliphatic rings. The first-order valence-electron chi connectivity index (χ1n) is 16.3. The van der Waals surface area contributed by atoms with Gasteiger partial charge in [0.2, 0.25) is 0 Å². The summed E-state index contributed by atoms with van der Waals surface area (Å²) in [5, 5.41) is 2.34. The lowest BCUT2D eigenvalue weighted by molar-refractivity contribution is 0.141. The van der Waals surface area contributed by atoms with Gasteiger partial charge >= 0.3 is 12.2 Å². The summed E-state index contributed by atoms with van der Waals surface area (Å²) in [6.07, 6.45) is -3.52. The van der Waals surface area contributed by atoms with Gasteiger partial charge in [0.05, 0.1) is 54.0 Å². The zero-order valence-corrected chi connectivity index (χ0v) is 29.8. The molecule has 0 unspecified atom stereocenters. The average molecular weight is 779 g/mol. The largest absolute Gasteiger partial charge is 0.443 e. The maximum Gasteiger partial charge on any atom is 0.414 e. The van der Waals surface area contributed by atoms with E-state index in [4.69, 9.17) is 15.2 Å². The second kappa shape index (κ2) is 16.0. The predicted molar refractivity (Wildman–Crippen MR) is 185 cm³/mol. The minimum atomic E-state index is -3.04. The molecule has 4 aliphatic heterocycles. The molecule has 0 aliphatic carbocycles. The quantitative estimate of drug-likeness (QED) is 0.294. The van der Waals surface area contributed by atoms with Crippen LogP contribution < -0.4 is 20.9 Å². The third-order valence-corrected chi connectivity index (χ3v) is 13.0. The Bertz CT molecular complexity index is 1840. The highest BCUT2D eigenvalue weighted by Gasteiger charge is 2.35. The van der Waals surface area contributed by atoms with E-state index in [1.165, 1.54) is 21.9 Å². The molecule has 2 amide bonds. The maximum atomic E-state index is 14.6. The summed E-state index contributed by atoms with van der Waals surface area (Å²) in [5.74, 6) is -0.972. The zero-order chi connectivity index (χ0) is 37.1. The molecular weight excluding hydrogens is 741 g/mol. The van der Waals surface area contributed by atoms with E-state index in [-0.39, 0.29) is 66.3 Å². The summed E-state index contributed by atoms with van der Waals surface area (Å²) >= 11 is 4.47. The van der Waals surface area contributed by atoms with Crippen molar-refractivity contribution in [2.45, 2.75) is 56.2 Å². The number of ether oxygens (including phenoxy) is 2. The number of cyclic esters (lactones) is 2. The molecule has 4 fully saturated rings. The molecule has 6 rings (SSSR count). The Morgan fingerprint density at radius 3 is 1.57 bits per heavy atom. The first-order chi connectivity index (χ1) is 24.1. The number of nitrogens with one attached hydrogen (secondary N) is 1. The lowest BCUT2D eigenvalue weighted by Gasteiger charge is -2.23. The standard InChI is InChI=1S/C17H19F3N2O4S2.C15H19FN2O4S/c18-14-7-11(1-2-13(14)10-3-5-28(24,25)6-4-10)22-9-12(26-17(22)23)8-21-16(27)15(19)20;16-14-7-11(18-9-12(8-17)22-15(18)19)1-2-13(14)10-3-5-23(20,21)6-4-10/h1-2,7,10,12,15H,3-6,8-9H2,(H,21,27);1-2,7,10,12H,3-6,8-9,17H2/t2*12-/m00/s1. The molecule has 0 radical (unpaired) electrons. The van der Waals surface area contributed by atoms with Crippen LogP contribution >= 0.6 is 12.2 Å². The van der Waals surface area contributed by atoms with Crippen molar-refractivity contribution in [3.63, 3.8) is 0 Å². The molecular formula is C32H38F4N4O8S3. The number of amides is 2. The number of carbonyl (C=O) groups is 2. The van der Waals surface area contributed by atoms with Crippen LogP contribution in [0.25, 0.3) is 0 Å². The molecule has 280 valence electrons. The minimum Gasteiger partial charge on any atom is -0.443 e. The number of rotatable bonds is 8. The van der Waals surface area contributed by atoms with Crippen molar-refractivity contribution >= 4 is 60.4 Å². The number of alkyl halides is 2. The highest BCUT2D eigenvalue weighted by atomic mass is 32.2. The van der Waals surface area contributed by atoms with E-state index >= 15 is 0 Å². The van der Waals surface area contributed by atoms with Crippen molar-refractivity contribution in [3.8, 4) is 0 Å². The molecule has 2 aromatic carbocycles. The van der Waals surface area contributed by atoms with Crippen molar-refractivity contribution < 1.29 is 53.5 Å². The Balaban J connectivity index is 0.000000201. The number of benzene rings is 2. The maximum absolute atomic E-state index is 14.6. The van der Waals surface area contributed by atoms with Crippen LogP contribution in [0, 0.1) is 11.6 Å². The molecule has 4 saturated heterocycles. The van der Waals surface area contributed by atoms with Crippen molar-refractivity contribution in [3.05, 3.63) is 59.2 Å². The number of carbonyl (C=O) groups excluding carboxylic acids is 2. The lowest BCUT2D eigenvalue weighted by atomic mass is 9.93. The molecule has 0 bridgehead atoms. The topological polar surface area (TPSA) is 165 Å². The fourth-order valence-electron chi connectivity index (χ4n) is 6.42. The van der Waals surface area contributed by atoms with E-state index in [1.807, 2.05) is 0 Å². The zero-order valence-electron chi connectivity index (χ0n) is 27.3. The summed E-state index contributed by atoms with van der Waals surface area (Å²) in [5.41, 5.74) is 7.12. The Kier molecular flexibility index (Phi) is 12.1. The Labute approximate surface area is 298 Å². The summed E-state index contributed by atoms with van der Waals surface area (Å²) in [6, 6.07) is 8.94. The van der Waals surface area contributed by atoms with Crippen LogP contribution in [0.4, 0.5) is 38.5 Å². The van der Waals surface area contributed by atoms with Crippen LogP contribution in [0.15, 0.2) is 36.4 Å². The van der Waals surface area contributed by atoms with Crippen LogP contribution in [0.5, 0.6) is 0 Å². The summed E-state index contributed by atoms with van der Waals surface area (Å²) < 4.78 is 110. The van der Waals surface area contributed by atoms with Gasteiger partial charge in [-0.2, -0.15) is 0 Å². The van der Waals surface area contributed by atoms with Crippen LogP contribution in [0.3, 0.4) is 0 Å². The number of anilines is 2. The predicted octanol–water partition coefficient (Wildman–Crippen LogP) is 4.03. The van der Waals surface area contributed by atoms with Crippen LogP contribution in [0.1, 0.15) is 48.6 Å². The van der Waals surface area contributed by atoms with Crippen LogP contribution in [0.2, 0.25) is 0 Å². The van der Waals surface area contributed by atoms with E-state index in [0.717, 1.165) is 0 Å². The van der Waals surface area contributed by atoms with Crippen LogP contribution in [-0.4, -0.2) is 102 Å². The second-order valence-corrected chi connectivity index (χ2v) is 17.8. The molecule has 0 saturated carbocycles. The van der Waals surface area contributed by atoms with E-state index in [2.05, 4.69) is 17.5 Å². The molecule has 2 atom stereocenters. The first-order valence-corrected chi connectivity index (χ1v) is 20.3. The lowest BCUT2D eigenvalue weighted by Crippen LogP contribution is -2.36. The number of sulfone groups is 2. The smallest absolute Gasteiger partial charge is 0.414 e. The Morgan fingerprint density at radius 2 is 1.20 bits per heavy atom. The summed E-state index contributed by atoms with van der Waals surface area (Å²) in [6.45, 7) is 0.524. The minimum absolute atomic E-state index is 0.0342. The molecule has 19 heteroatoms. The number of hydrogen-bond donors (Lipinski definition) is 2. The third kappa shape index (κ3) is 9.66. The van der Waals surface area contributed by atoms with Gasteiger partial charge in [0.15, 0.2) is 0 Å². The molecule has 0 spiro atoms. The van der Waals surface area contributed by atoms with Gasteiger partial charge in [-0.3, -0.25) is 9.80 Å². The van der Waals surface area contributed by atoms with Crippen molar-refractivity contribution in [1.82, 2.24) is 5.32 Å². The van der Waals surface area contributed by atoms with E-state index < -0.39 is 61.0 Å². The SMILES string of the molecule is NC[C@H]1CN(c2ccc(C3CCS(=O)(=O)CC3)c(F)c2)C(=O)O1.O=C1O[C@@H](CNC(=S)C(F)F)CN1c1ccc(C2CCS(=O)(=O)CC2)c(F)c1. The van der Waals surface area contributed by atoms with Gasteiger partial charge in [-0.15, -0.1) is 0 Å². The van der Waals surface area contributed by atoms with Crippen molar-refractivity contribution in [2.75, 3.05) is 59.0 Å². The monoisotopic (exact) mass is 778 g/mol. The van der Waals surface area contributed by atoms with Crippen molar-refractivity contribution in [1.29, 1.82) is 0 Å². The normalized spacial score (nSPS) is 23.4. The Morgan fingerprint density at radius 1 is 0.784 bits per heavy atom. The molecule has 51 heavy (non-hydrogen) atoms. The van der Waals surface area contributed by atoms with Gasteiger partial charge in [0.25, 0.3) is 6.43 Å². The number of hydrogen-bond acceptors (Lipinski definition) is 10. The molecule has 12 nitrogen and oxygen atoms in total. The van der Waals surface area contributed by atoms with Gasteiger partial charge in [-0.05, 0) is 72.9 Å². The van der Waals surface area contributed by atoms with E-state index in [1.54, 1.807) is 24.3 Å². The number of thiocarbonyl (C=S) groups is 1. The number of nitrogens with two attached hydrogens (primary N) is 1. The fraction of sp³-hybridized carbons (Fsp3) is 0.531. The average Bonchev–Trinajstić information content (AvgIpc) is 3.65. The van der Waals surface area contributed by atoms with Gasteiger partial charge in [0, 0.05) is 6.54 Å². The fourth-order valence-corrected chi connectivity index (χ4v) is 9.48. The number of halogens is 4. The first kappa shape index (κ1) is 38.7. The van der Waals surface area contributed by atoms with Gasteiger partial charge in [-0.1, -0.05) is 24.4 Å². The van der Waals surface area contributed by atoms with Crippen molar-refractivity contribution in [2.24, 2.45) is 5.73 Å². The highest BCUT2D eigenvalue weighted by Crippen LogP contribution is 2.35. The summed E-state index contributed by atoms with van der Waals surface area (Å²) in [4.78, 5) is 25.8. The molecule has 2 aromatic rings. The summed E-state index contributed by atoms with van der Waals surface area (Å²) in [7, 11) is -6.02. The van der Waals surface area contributed by atoms with E-state index in [9.17, 15) is 44.0 Å². The van der Waals surface area contributed by atoms with Gasteiger partial charge < -0.3 is 20.5 Å². The second-order valence-electron chi connectivity index (χ2n) is 12.8. The molecule has 3 N–H and O–H groups in total. The Hall–Kier alpha value is -3.55. The molecule has 4 heterocycles. The molecule has 0 aromatic heterocycles. The third-order valence-electron chi connectivity index (χ3n) is 9.29. The van der Waals surface area contributed by atoms with Crippen LogP contribution in [-0.2, 0) is 29.1 Å². The van der Waals surface area contributed by atoms with Gasteiger partial charge in [-0.25, -0.2) is 44.0 Å². The van der Waals surface area contributed by atoms with Gasteiger partial charge in [0.1, 0.15) is 48.5 Å². The van der Waals surface area contributed by atoms with E-state index in [0.29, 0.717) is 49.0 Å².